The van der Waals surface area contributed by atoms with E-state index in [1.54, 1.807) is 0 Å². The Morgan fingerprint density at radius 2 is 1.83 bits per heavy atom. The monoisotopic (exact) mass is 316 g/mol. The van der Waals surface area contributed by atoms with Crippen LogP contribution in [0.4, 0.5) is 0 Å². The van der Waals surface area contributed by atoms with Crippen LogP contribution in [0.5, 0.6) is 0 Å². The highest BCUT2D eigenvalue weighted by Crippen LogP contribution is 2.34. The predicted octanol–water partition coefficient (Wildman–Crippen LogP) is 1.94. The third-order valence-corrected chi connectivity index (χ3v) is 5.05. The summed E-state index contributed by atoms with van der Waals surface area (Å²) in [6.45, 7) is 0.443. The summed E-state index contributed by atoms with van der Waals surface area (Å²) < 4.78 is 0. The van der Waals surface area contributed by atoms with Crippen molar-refractivity contribution in [3.63, 3.8) is 0 Å². The van der Waals surface area contributed by atoms with Crippen molar-refractivity contribution in [1.82, 2.24) is 10.2 Å². The lowest BCUT2D eigenvalue weighted by Crippen LogP contribution is -2.41. The minimum Gasteiger partial charge on any atom is -0.354 e. The van der Waals surface area contributed by atoms with Gasteiger partial charge in [-0.25, -0.2) is 0 Å². The smallest absolute Gasteiger partial charge is 0.240 e. The Morgan fingerprint density at radius 3 is 2.43 bits per heavy atom. The third-order valence-electron chi connectivity index (χ3n) is 5.05. The van der Waals surface area contributed by atoms with Crippen molar-refractivity contribution in [3.8, 4) is 0 Å². The molecule has 124 valence electrons. The minimum absolute atomic E-state index is 0.135. The molecule has 0 aromatic heterocycles. The van der Waals surface area contributed by atoms with Crippen molar-refractivity contribution >= 4 is 17.7 Å². The Bertz CT molecular complexity index is 539. The van der Waals surface area contributed by atoms with Crippen LogP contribution < -0.4 is 5.32 Å². The number of carbonyl (C=O) groups is 3. The number of nitrogens with zero attached hydrogens (tertiary/aromatic N) is 1. The van der Waals surface area contributed by atoms with Gasteiger partial charge in [-0.15, -0.1) is 0 Å². The van der Waals surface area contributed by atoms with E-state index in [0.717, 1.165) is 24.2 Å². The van der Waals surface area contributed by atoms with Crippen LogP contribution in [-0.2, 0) is 14.4 Å². The molecule has 1 N–H and O–H groups in total. The van der Waals surface area contributed by atoms with Crippen LogP contribution in [0.1, 0.15) is 44.9 Å². The van der Waals surface area contributed by atoms with E-state index in [9.17, 15) is 14.4 Å². The van der Waals surface area contributed by atoms with Crippen molar-refractivity contribution in [2.45, 2.75) is 44.9 Å². The van der Waals surface area contributed by atoms with Crippen molar-refractivity contribution in [2.24, 2.45) is 11.8 Å². The van der Waals surface area contributed by atoms with Gasteiger partial charge in [-0.3, -0.25) is 19.3 Å². The topological polar surface area (TPSA) is 66.5 Å². The Balaban J connectivity index is 1.47. The summed E-state index contributed by atoms with van der Waals surface area (Å²) in [5.74, 6) is -1.13. The van der Waals surface area contributed by atoms with Gasteiger partial charge in [0.05, 0.1) is 11.8 Å². The highest BCUT2D eigenvalue weighted by Gasteiger charge is 2.47. The molecule has 0 radical (unpaired) electrons. The van der Waals surface area contributed by atoms with Crippen LogP contribution in [0.25, 0.3) is 0 Å². The van der Waals surface area contributed by atoms with Gasteiger partial charge >= 0.3 is 0 Å². The molecule has 3 rings (SSSR count). The number of allylic oxidation sites excluding steroid dienone is 3. The quantitative estimate of drug-likeness (QED) is 0.623. The van der Waals surface area contributed by atoms with Crippen molar-refractivity contribution in [3.05, 3.63) is 23.8 Å². The lowest BCUT2D eigenvalue weighted by Gasteiger charge is -2.16. The molecule has 5 nitrogen and oxygen atoms in total. The van der Waals surface area contributed by atoms with Crippen LogP contribution in [0.2, 0.25) is 0 Å². The van der Waals surface area contributed by atoms with Gasteiger partial charge in [-0.05, 0) is 44.9 Å². The summed E-state index contributed by atoms with van der Waals surface area (Å²) >= 11 is 0. The first kappa shape index (κ1) is 16.0. The van der Waals surface area contributed by atoms with Gasteiger partial charge in [0.2, 0.25) is 17.7 Å². The second-order valence-electron chi connectivity index (χ2n) is 6.63. The van der Waals surface area contributed by atoms with Gasteiger partial charge in [-0.2, -0.15) is 0 Å². The number of fused-ring (bicyclic) bond motifs is 1. The molecule has 1 saturated heterocycles. The molecule has 23 heavy (non-hydrogen) atoms. The first-order chi connectivity index (χ1) is 11.2. The predicted molar refractivity (Wildman–Crippen MR) is 86.3 cm³/mol. The minimum atomic E-state index is -0.257. The fourth-order valence-electron chi connectivity index (χ4n) is 3.72. The zero-order valence-corrected chi connectivity index (χ0v) is 13.4. The molecule has 0 unspecified atom stereocenters. The first-order valence-corrected chi connectivity index (χ1v) is 8.61. The maximum absolute atomic E-state index is 12.3. The molecule has 2 aliphatic carbocycles. The average Bonchev–Trinajstić information content (AvgIpc) is 2.81. The van der Waals surface area contributed by atoms with E-state index in [0.29, 0.717) is 19.4 Å². The SMILES string of the molecule is O=C(CN1C(=O)[C@H]2CC=CC[C@@H]2C1=O)NCCC1=CCCCC1. The number of nitrogens with one attached hydrogen (secondary N) is 1. The summed E-state index contributed by atoms with van der Waals surface area (Å²) in [5, 5.41) is 2.84. The highest BCUT2D eigenvalue weighted by molar-refractivity contribution is 6.07. The summed E-state index contributed by atoms with van der Waals surface area (Å²) in [7, 11) is 0. The van der Waals surface area contributed by atoms with Crippen molar-refractivity contribution in [1.29, 1.82) is 0 Å². The van der Waals surface area contributed by atoms with Crippen LogP contribution in [-0.4, -0.2) is 35.7 Å². The number of likely N-dealkylation sites (tertiary alicyclic amines) is 1. The molecular formula is C18H24N2O3. The summed E-state index contributed by atoms with van der Waals surface area (Å²) in [4.78, 5) is 37.8. The third kappa shape index (κ3) is 3.54. The molecule has 0 spiro atoms. The summed E-state index contributed by atoms with van der Waals surface area (Å²) in [5.41, 5.74) is 1.40. The van der Waals surface area contributed by atoms with Gasteiger partial charge < -0.3 is 5.32 Å². The Kier molecular flexibility index (Phi) is 4.94. The summed E-state index contributed by atoms with van der Waals surface area (Å²) in [6.07, 6.45) is 13.0. The zero-order chi connectivity index (χ0) is 16.2. The van der Waals surface area contributed by atoms with Crippen LogP contribution in [0.3, 0.4) is 0 Å². The molecule has 0 aromatic carbocycles. The maximum atomic E-state index is 12.3. The number of hydrogen-bond donors (Lipinski definition) is 1. The second kappa shape index (κ2) is 7.11. The normalized spacial score (nSPS) is 27.0. The molecule has 0 aromatic rings. The number of hydrogen-bond acceptors (Lipinski definition) is 3. The molecule has 0 bridgehead atoms. The first-order valence-electron chi connectivity index (χ1n) is 8.61. The molecule has 2 atom stereocenters. The molecule has 1 heterocycles. The molecule has 1 fully saturated rings. The van der Waals surface area contributed by atoms with Crippen LogP contribution >= 0.6 is 0 Å². The molecule has 5 heteroatoms. The zero-order valence-electron chi connectivity index (χ0n) is 13.4. The maximum Gasteiger partial charge on any atom is 0.240 e. The average molecular weight is 316 g/mol. The van der Waals surface area contributed by atoms with E-state index < -0.39 is 0 Å². The lowest BCUT2D eigenvalue weighted by molar-refractivity contribution is -0.143. The van der Waals surface area contributed by atoms with Gasteiger partial charge in [0.1, 0.15) is 6.54 Å². The Hall–Kier alpha value is -1.91. The fraction of sp³-hybridized carbons (Fsp3) is 0.611. The van der Waals surface area contributed by atoms with Gasteiger partial charge in [-0.1, -0.05) is 23.8 Å². The van der Waals surface area contributed by atoms with E-state index in [1.807, 2.05) is 12.2 Å². The van der Waals surface area contributed by atoms with E-state index in [4.69, 9.17) is 0 Å². The van der Waals surface area contributed by atoms with Gasteiger partial charge in [0.25, 0.3) is 0 Å². The molecular weight excluding hydrogens is 292 g/mol. The van der Waals surface area contributed by atoms with Crippen molar-refractivity contribution < 1.29 is 14.4 Å². The van der Waals surface area contributed by atoms with E-state index in [2.05, 4.69) is 11.4 Å². The molecule has 3 aliphatic rings. The Morgan fingerprint density at radius 1 is 1.13 bits per heavy atom. The number of carbonyl (C=O) groups excluding carboxylic acids is 3. The van der Waals surface area contributed by atoms with E-state index >= 15 is 0 Å². The lowest BCUT2D eigenvalue weighted by atomic mass is 9.85. The number of amides is 3. The van der Waals surface area contributed by atoms with Gasteiger partial charge in [0.15, 0.2) is 0 Å². The van der Waals surface area contributed by atoms with Gasteiger partial charge in [0, 0.05) is 6.54 Å². The largest absolute Gasteiger partial charge is 0.354 e. The highest BCUT2D eigenvalue weighted by atomic mass is 16.2. The fourth-order valence-corrected chi connectivity index (χ4v) is 3.72. The molecule has 3 amide bonds. The van der Waals surface area contributed by atoms with E-state index in [-0.39, 0.29) is 36.1 Å². The molecule has 0 saturated carbocycles. The van der Waals surface area contributed by atoms with Crippen LogP contribution in [0, 0.1) is 11.8 Å². The molecule has 1 aliphatic heterocycles. The summed E-state index contributed by atoms with van der Waals surface area (Å²) in [6, 6.07) is 0. The van der Waals surface area contributed by atoms with Crippen molar-refractivity contribution in [2.75, 3.05) is 13.1 Å². The number of rotatable bonds is 5. The van der Waals surface area contributed by atoms with Crippen LogP contribution in [0.15, 0.2) is 23.8 Å². The Labute approximate surface area is 136 Å². The number of imide groups is 1. The standard InChI is InChI=1S/C18H24N2O3/c21-16(19-11-10-13-6-2-1-3-7-13)12-20-17(22)14-8-4-5-9-15(14)18(20)23/h4-6,14-15H,1-3,7-12H2,(H,19,21)/t14-,15-/m0/s1. The van der Waals surface area contributed by atoms with E-state index in [1.165, 1.54) is 18.4 Å². The second-order valence-corrected chi connectivity index (χ2v) is 6.63.